The van der Waals surface area contributed by atoms with Crippen LogP contribution in [0.2, 0.25) is 0 Å². The van der Waals surface area contributed by atoms with Crippen LogP contribution >= 0.6 is 11.3 Å². The highest BCUT2D eigenvalue weighted by Gasteiger charge is 2.10. The number of nitrogens with zero attached hydrogens (tertiary/aromatic N) is 1. The summed E-state index contributed by atoms with van der Waals surface area (Å²) >= 11 is 1.75. The lowest BCUT2D eigenvalue weighted by Crippen LogP contribution is -2.18. The van der Waals surface area contributed by atoms with Gasteiger partial charge in [0, 0.05) is 17.6 Å². The van der Waals surface area contributed by atoms with Crippen molar-refractivity contribution in [1.82, 2.24) is 10.3 Å². The molecule has 0 aliphatic heterocycles. The largest absolute Gasteiger partial charge is 0.304 e. The number of hydrogen-bond donors (Lipinski definition) is 1. The van der Waals surface area contributed by atoms with Crippen molar-refractivity contribution in [3.8, 4) is 0 Å². The highest BCUT2D eigenvalue weighted by molar-refractivity contribution is 7.11. The second kappa shape index (κ2) is 6.26. The molecule has 1 aromatic carbocycles. The number of thiazole rings is 1. The Bertz CT molecular complexity index is 551. The number of hydrogen-bond acceptors (Lipinski definition) is 3. The Balaban J connectivity index is 1.98. The normalized spacial score (nSPS) is 12.6. The van der Waals surface area contributed by atoms with Gasteiger partial charge in [-0.15, -0.1) is 11.3 Å². The summed E-state index contributed by atoms with van der Waals surface area (Å²) in [4.78, 5) is 5.74. The maximum Gasteiger partial charge on any atom is 0.123 e. The van der Waals surface area contributed by atoms with Crippen LogP contribution in [-0.4, -0.2) is 4.98 Å². The Hall–Kier alpha value is -1.26. The molecule has 2 nitrogen and oxygen atoms in total. The van der Waals surface area contributed by atoms with Gasteiger partial charge in [0.05, 0.1) is 6.04 Å². The topological polar surface area (TPSA) is 24.9 Å². The molecule has 0 amide bonds. The second-order valence-electron chi connectivity index (χ2n) is 4.69. The van der Waals surface area contributed by atoms with Crippen molar-refractivity contribution in [3.05, 3.63) is 51.2 Å². The minimum Gasteiger partial charge on any atom is -0.304 e. The van der Waals surface area contributed by atoms with Gasteiger partial charge >= 0.3 is 0 Å². The predicted molar refractivity (Wildman–Crippen MR) is 77.9 cm³/mol. The van der Waals surface area contributed by atoms with Crippen LogP contribution in [0.1, 0.15) is 40.9 Å². The average molecular weight is 278 g/mol. The number of nitrogens with one attached hydrogen (secondary N) is 1. The van der Waals surface area contributed by atoms with Gasteiger partial charge in [0.2, 0.25) is 0 Å². The van der Waals surface area contributed by atoms with Gasteiger partial charge in [-0.1, -0.05) is 13.0 Å². The summed E-state index contributed by atoms with van der Waals surface area (Å²) in [6.07, 6.45) is 2.97. The van der Waals surface area contributed by atoms with E-state index in [1.165, 1.54) is 10.9 Å². The summed E-state index contributed by atoms with van der Waals surface area (Å²) in [5.41, 5.74) is 2.11. The fourth-order valence-electron chi connectivity index (χ4n) is 1.89. The molecule has 0 fully saturated rings. The molecule has 0 aliphatic rings. The molecule has 19 heavy (non-hydrogen) atoms. The zero-order chi connectivity index (χ0) is 13.8. The van der Waals surface area contributed by atoms with Gasteiger partial charge in [-0.05, 0) is 43.5 Å². The third kappa shape index (κ3) is 3.61. The van der Waals surface area contributed by atoms with Crippen molar-refractivity contribution < 1.29 is 4.39 Å². The molecule has 1 N–H and O–H groups in total. The fraction of sp³-hybridized carbons (Fsp3) is 0.400. The SMILES string of the molecule is CCc1cnc(C(C)NCc2ccc(F)cc2C)s1. The van der Waals surface area contributed by atoms with Crippen molar-refractivity contribution in [1.29, 1.82) is 0 Å². The first kappa shape index (κ1) is 14.2. The minimum atomic E-state index is -0.179. The summed E-state index contributed by atoms with van der Waals surface area (Å²) in [6.45, 7) is 6.91. The Labute approximate surface area is 117 Å². The Morgan fingerprint density at radius 3 is 2.84 bits per heavy atom. The van der Waals surface area contributed by atoms with E-state index in [0.717, 1.165) is 29.1 Å². The van der Waals surface area contributed by atoms with Crippen LogP contribution in [0.5, 0.6) is 0 Å². The van der Waals surface area contributed by atoms with Gasteiger partial charge in [0.15, 0.2) is 0 Å². The summed E-state index contributed by atoms with van der Waals surface area (Å²) in [5, 5.41) is 4.55. The molecule has 4 heteroatoms. The first-order valence-electron chi connectivity index (χ1n) is 6.53. The monoisotopic (exact) mass is 278 g/mol. The lowest BCUT2D eigenvalue weighted by atomic mass is 10.1. The maximum atomic E-state index is 13.0. The van der Waals surface area contributed by atoms with Gasteiger partial charge < -0.3 is 5.32 Å². The first-order valence-corrected chi connectivity index (χ1v) is 7.34. The highest BCUT2D eigenvalue weighted by atomic mass is 32.1. The Morgan fingerprint density at radius 2 is 2.21 bits per heavy atom. The van der Waals surface area contributed by atoms with E-state index < -0.39 is 0 Å². The summed E-state index contributed by atoms with van der Waals surface area (Å²) in [7, 11) is 0. The standard InChI is InChI=1S/C15H19FN2S/c1-4-14-9-18-15(19-14)11(3)17-8-12-5-6-13(16)7-10(12)2/h5-7,9,11,17H,4,8H2,1-3H3. The summed E-state index contributed by atoms with van der Waals surface area (Å²) in [5.74, 6) is -0.179. The van der Waals surface area contributed by atoms with E-state index >= 15 is 0 Å². The van der Waals surface area contributed by atoms with Crippen molar-refractivity contribution in [3.63, 3.8) is 0 Å². The molecule has 102 valence electrons. The molecule has 2 rings (SSSR count). The molecular weight excluding hydrogens is 259 g/mol. The number of aromatic nitrogens is 1. The van der Waals surface area contributed by atoms with Crippen molar-refractivity contribution in [2.45, 2.75) is 39.8 Å². The molecule has 0 radical (unpaired) electrons. The third-order valence-electron chi connectivity index (χ3n) is 3.19. The van der Waals surface area contributed by atoms with Gasteiger partial charge in [-0.25, -0.2) is 9.37 Å². The molecule has 0 spiro atoms. The summed E-state index contributed by atoms with van der Waals surface area (Å²) in [6, 6.07) is 5.13. The van der Waals surface area contributed by atoms with Gasteiger partial charge in [0.1, 0.15) is 10.8 Å². The molecule has 1 unspecified atom stereocenters. The Morgan fingerprint density at radius 1 is 1.42 bits per heavy atom. The van der Waals surface area contributed by atoms with Crippen molar-refractivity contribution in [2.75, 3.05) is 0 Å². The number of aryl methyl sites for hydroxylation is 2. The molecule has 1 atom stereocenters. The third-order valence-corrected chi connectivity index (χ3v) is 4.52. The number of rotatable bonds is 5. The molecule has 0 saturated heterocycles. The molecule has 1 heterocycles. The van der Waals surface area contributed by atoms with Crippen LogP contribution in [0.3, 0.4) is 0 Å². The highest BCUT2D eigenvalue weighted by Crippen LogP contribution is 2.21. The van der Waals surface area contributed by atoms with Crippen LogP contribution < -0.4 is 5.32 Å². The van der Waals surface area contributed by atoms with Crippen LogP contribution in [0.4, 0.5) is 4.39 Å². The van der Waals surface area contributed by atoms with E-state index in [0.29, 0.717) is 0 Å². The van der Waals surface area contributed by atoms with Crippen LogP contribution in [0.15, 0.2) is 24.4 Å². The molecule has 1 aromatic heterocycles. The van der Waals surface area contributed by atoms with Crippen molar-refractivity contribution in [2.24, 2.45) is 0 Å². The molecule has 2 aromatic rings. The van der Waals surface area contributed by atoms with Crippen molar-refractivity contribution >= 4 is 11.3 Å². The van der Waals surface area contributed by atoms with Gasteiger partial charge in [-0.2, -0.15) is 0 Å². The van der Waals surface area contributed by atoms with E-state index in [1.54, 1.807) is 17.4 Å². The Kier molecular flexibility index (Phi) is 4.66. The quantitative estimate of drug-likeness (QED) is 0.894. The van der Waals surface area contributed by atoms with E-state index in [-0.39, 0.29) is 11.9 Å². The van der Waals surface area contributed by atoms with E-state index in [2.05, 4.69) is 24.1 Å². The van der Waals surface area contributed by atoms with Crippen LogP contribution in [0.25, 0.3) is 0 Å². The average Bonchev–Trinajstić information content (AvgIpc) is 2.86. The molecule has 0 saturated carbocycles. The summed E-state index contributed by atoms with van der Waals surface area (Å²) < 4.78 is 13.0. The minimum absolute atomic E-state index is 0.179. The lowest BCUT2D eigenvalue weighted by Gasteiger charge is -2.12. The first-order chi connectivity index (χ1) is 9.10. The number of halogens is 1. The second-order valence-corrected chi connectivity index (χ2v) is 5.84. The zero-order valence-corrected chi connectivity index (χ0v) is 12.4. The smallest absolute Gasteiger partial charge is 0.123 e. The molecular formula is C15H19FN2S. The number of benzene rings is 1. The van der Waals surface area contributed by atoms with Gasteiger partial charge in [-0.3, -0.25) is 0 Å². The predicted octanol–water partition coefficient (Wildman–Crippen LogP) is 4.00. The van der Waals surface area contributed by atoms with E-state index in [4.69, 9.17) is 0 Å². The van der Waals surface area contributed by atoms with E-state index in [1.807, 2.05) is 19.2 Å². The van der Waals surface area contributed by atoms with E-state index in [9.17, 15) is 4.39 Å². The van der Waals surface area contributed by atoms with Crippen LogP contribution in [-0.2, 0) is 13.0 Å². The zero-order valence-electron chi connectivity index (χ0n) is 11.5. The fourth-order valence-corrected chi connectivity index (χ4v) is 2.78. The van der Waals surface area contributed by atoms with Crippen LogP contribution in [0, 0.1) is 12.7 Å². The lowest BCUT2D eigenvalue weighted by molar-refractivity contribution is 0.568. The molecule has 0 aliphatic carbocycles. The maximum absolute atomic E-state index is 13.0. The molecule has 0 bridgehead atoms. The van der Waals surface area contributed by atoms with Gasteiger partial charge in [0.25, 0.3) is 0 Å².